The number of methoxy groups -OCH3 is 1. The van der Waals surface area contributed by atoms with Crippen molar-refractivity contribution >= 4 is 29.9 Å². The van der Waals surface area contributed by atoms with Gasteiger partial charge in [-0.05, 0) is 43.4 Å². The van der Waals surface area contributed by atoms with Crippen molar-refractivity contribution in [1.29, 1.82) is 0 Å². The Morgan fingerprint density at radius 3 is 2.62 bits per heavy atom. The Hall–Kier alpha value is -1.09. The Balaban J connectivity index is 0.00000625. The Morgan fingerprint density at radius 2 is 2.08 bits per heavy atom. The number of guanidine groups is 1. The first-order chi connectivity index (χ1) is 12.0. The first-order valence-corrected chi connectivity index (χ1v) is 8.98. The summed E-state index contributed by atoms with van der Waals surface area (Å²) >= 11 is 0. The molecule has 1 rings (SSSR count). The summed E-state index contributed by atoms with van der Waals surface area (Å²) in [7, 11) is 3.39. The van der Waals surface area contributed by atoms with Crippen LogP contribution in [0.2, 0.25) is 0 Å². The van der Waals surface area contributed by atoms with Crippen molar-refractivity contribution in [3.63, 3.8) is 0 Å². The van der Waals surface area contributed by atoms with E-state index < -0.39 is 0 Å². The number of rotatable bonds is 10. The fraction of sp³-hybridized carbons (Fsp3) is 0.632. The molecule has 0 fully saturated rings. The van der Waals surface area contributed by atoms with E-state index in [4.69, 9.17) is 9.73 Å². The standard InChI is InChI=1S/C19H32FN3O2.HI/c1-5-7-15(10-11-24)13-22-19(21-6-2)23(3)14-16-8-9-18(25-4)17(20)12-16;/h8-9,12,15,24H,5-7,10-11,13-14H2,1-4H3,(H,21,22);1H. The van der Waals surface area contributed by atoms with E-state index in [1.54, 1.807) is 6.07 Å². The minimum absolute atomic E-state index is 0. The van der Waals surface area contributed by atoms with Gasteiger partial charge in [0.05, 0.1) is 7.11 Å². The first-order valence-electron chi connectivity index (χ1n) is 8.98. The molecule has 0 bridgehead atoms. The van der Waals surface area contributed by atoms with Crippen molar-refractivity contribution in [2.45, 2.75) is 39.7 Å². The van der Waals surface area contributed by atoms with Crippen LogP contribution >= 0.6 is 24.0 Å². The van der Waals surface area contributed by atoms with E-state index in [1.807, 2.05) is 24.9 Å². The lowest BCUT2D eigenvalue weighted by molar-refractivity contribution is 0.253. The highest BCUT2D eigenvalue weighted by Gasteiger charge is 2.11. The molecule has 150 valence electrons. The highest BCUT2D eigenvalue weighted by atomic mass is 127. The fourth-order valence-corrected chi connectivity index (χ4v) is 2.76. The molecule has 0 spiro atoms. The maximum Gasteiger partial charge on any atom is 0.193 e. The van der Waals surface area contributed by atoms with Gasteiger partial charge in [0.2, 0.25) is 0 Å². The van der Waals surface area contributed by atoms with Crippen molar-refractivity contribution in [1.82, 2.24) is 10.2 Å². The number of aliphatic hydroxyl groups excluding tert-OH is 1. The number of halogens is 2. The van der Waals surface area contributed by atoms with Gasteiger partial charge in [-0.25, -0.2) is 4.39 Å². The third kappa shape index (κ3) is 8.53. The molecule has 0 radical (unpaired) electrons. The summed E-state index contributed by atoms with van der Waals surface area (Å²) in [4.78, 5) is 6.68. The molecule has 0 aliphatic rings. The number of hydrogen-bond acceptors (Lipinski definition) is 3. The van der Waals surface area contributed by atoms with Gasteiger partial charge in [0.25, 0.3) is 0 Å². The van der Waals surface area contributed by atoms with Gasteiger partial charge in [-0.15, -0.1) is 24.0 Å². The number of benzene rings is 1. The number of ether oxygens (including phenoxy) is 1. The molecule has 0 aliphatic heterocycles. The second-order valence-electron chi connectivity index (χ2n) is 6.19. The van der Waals surface area contributed by atoms with Crippen LogP contribution < -0.4 is 10.1 Å². The van der Waals surface area contributed by atoms with Crippen molar-refractivity contribution in [3.05, 3.63) is 29.6 Å². The Bertz CT molecular complexity index is 538. The van der Waals surface area contributed by atoms with E-state index in [0.717, 1.165) is 37.3 Å². The highest BCUT2D eigenvalue weighted by molar-refractivity contribution is 14.0. The van der Waals surface area contributed by atoms with Crippen molar-refractivity contribution in [2.24, 2.45) is 10.9 Å². The maximum atomic E-state index is 13.9. The summed E-state index contributed by atoms with van der Waals surface area (Å²) in [5.41, 5.74) is 0.854. The van der Waals surface area contributed by atoms with Gasteiger partial charge in [0.15, 0.2) is 17.5 Å². The summed E-state index contributed by atoms with van der Waals surface area (Å²) < 4.78 is 18.8. The van der Waals surface area contributed by atoms with Crippen molar-refractivity contribution < 1.29 is 14.2 Å². The molecule has 0 saturated heterocycles. The minimum atomic E-state index is -0.360. The van der Waals surface area contributed by atoms with E-state index in [0.29, 0.717) is 19.0 Å². The zero-order valence-corrected chi connectivity index (χ0v) is 18.6. The van der Waals surface area contributed by atoms with Crippen molar-refractivity contribution in [2.75, 3.05) is 33.9 Å². The zero-order chi connectivity index (χ0) is 18.7. The van der Waals surface area contributed by atoms with Crippen LogP contribution in [0.25, 0.3) is 0 Å². The third-order valence-electron chi connectivity index (χ3n) is 4.07. The number of hydrogen-bond donors (Lipinski definition) is 2. The monoisotopic (exact) mass is 481 g/mol. The Labute approximate surface area is 174 Å². The topological polar surface area (TPSA) is 57.1 Å². The van der Waals surface area contributed by atoms with Crippen LogP contribution in [0.3, 0.4) is 0 Å². The van der Waals surface area contributed by atoms with E-state index >= 15 is 0 Å². The number of nitrogens with zero attached hydrogens (tertiary/aromatic N) is 2. The van der Waals surface area contributed by atoms with Crippen LogP contribution in [0.15, 0.2) is 23.2 Å². The van der Waals surface area contributed by atoms with E-state index in [1.165, 1.54) is 13.2 Å². The van der Waals surface area contributed by atoms with Crippen LogP contribution in [0.5, 0.6) is 5.75 Å². The first kappa shape index (κ1) is 24.9. The molecule has 5 nitrogen and oxygen atoms in total. The Morgan fingerprint density at radius 1 is 1.35 bits per heavy atom. The van der Waals surface area contributed by atoms with E-state index in [2.05, 4.69) is 12.2 Å². The lowest BCUT2D eigenvalue weighted by Crippen LogP contribution is -2.38. The molecule has 0 aliphatic carbocycles. The van der Waals surface area contributed by atoms with Crippen LogP contribution in [-0.4, -0.2) is 49.8 Å². The molecule has 7 heteroatoms. The number of nitrogens with one attached hydrogen (secondary N) is 1. The number of aliphatic imine (C=N–C) groups is 1. The highest BCUT2D eigenvalue weighted by Crippen LogP contribution is 2.18. The predicted molar refractivity (Wildman–Crippen MR) is 116 cm³/mol. The van der Waals surface area contributed by atoms with Gasteiger partial charge in [-0.3, -0.25) is 4.99 Å². The SMILES string of the molecule is CCCC(CCO)CN=C(NCC)N(C)Cc1ccc(OC)c(F)c1.I. The molecule has 2 N–H and O–H groups in total. The predicted octanol–water partition coefficient (Wildman–Crippen LogP) is 3.65. The molecule has 0 heterocycles. The van der Waals surface area contributed by atoms with Crippen LogP contribution in [0.4, 0.5) is 4.39 Å². The zero-order valence-electron chi connectivity index (χ0n) is 16.3. The molecular formula is C19H33FIN3O2. The third-order valence-corrected chi connectivity index (χ3v) is 4.07. The van der Waals surface area contributed by atoms with E-state index in [9.17, 15) is 9.50 Å². The molecule has 0 aromatic heterocycles. The normalized spacial score (nSPS) is 12.3. The molecule has 1 unspecified atom stereocenters. The van der Waals surface area contributed by atoms with Crippen LogP contribution in [-0.2, 0) is 6.54 Å². The van der Waals surface area contributed by atoms with Gasteiger partial charge in [-0.1, -0.05) is 19.4 Å². The van der Waals surface area contributed by atoms with Gasteiger partial charge in [0, 0.05) is 33.3 Å². The van der Waals surface area contributed by atoms with Crippen molar-refractivity contribution in [3.8, 4) is 5.75 Å². The van der Waals surface area contributed by atoms with Gasteiger partial charge < -0.3 is 20.1 Å². The maximum absolute atomic E-state index is 13.9. The molecule has 1 aromatic carbocycles. The molecule has 0 amide bonds. The van der Waals surface area contributed by atoms with Crippen LogP contribution in [0.1, 0.15) is 38.7 Å². The lowest BCUT2D eigenvalue weighted by Gasteiger charge is -2.23. The second kappa shape index (κ2) is 14.0. The second-order valence-corrected chi connectivity index (χ2v) is 6.19. The minimum Gasteiger partial charge on any atom is -0.494 e. The Kier molecular flexibility index (Phi) is 13.4. The summed E-state index contributed by atoms with van der Waals surface area (Å²) in [5.74, 6) is 1.06. The molecule has 1 aromatic rings. The smallest absolute Gasteiger partial charge is 0.193 e. The fourth-order valence-electron chi connectivity index (χ4n) is 2.76. The van der Waals surface area contributed by atoms with E-state index in [-0.39, 0.29) is 42.2 Å². The summed E-state index contributed by atoms with van der Waals surface area (Å²) in [6.45, 7) is 6.34. The average molecular weight is 481 g/mol. The summed E-state index contributed by atoms with van der Waals surface area (Å²) in [5, 5.41) is 12.5. The quantitative estimate of drug-likeness (QED) is 0.305. The van der Waals surface area contributed by atoms with Gasteiger partial charge in [0.1, 0.15) is 0 Å². The largest absolute Gasteiger partial charge is 0.494 e. The molecular weight excluding hydrogens is 448 g/mol. The van der Waals surface area contributed by atoms with Crippen LogP contribution in [0, 0.1) is 11.7 Å². The van der Waals surface area contributed by atoms with Gasteiger partial charge >= 0.3 is 0 Å². The molecule has 0 saturated carbocycles. The molecule has 1 atom stereocenters. The summed E-state index contributed by atoms with van der Waals surface area (Å²) in [6, 6.07) is 4.99. The average Bonchev–Trinajstić information content (AvgIpc) is 2.59. The molecule has 26 heavy (non-hydrogen) atoms. The lowest BCUT2D eigenvalue weighted by atomic mass is 10.0. The van der Waals surface area contributed by atoms with Gasteiger partial charge in [-0.2, -0.15) is 0 Å². The number of aliphatic hydroxyl groups is 1. The summed E-state index contributed by atoms with van der Waals surface area (Å²) in [6.07, 6.45) is 2.90.